The van der Waals surface area contributed by atoms with E-state index in [1.807, 2.05) is 13.8 Å². The second-order valence-corrected chi connectivity index (χ2v) is 5.36. The molecule has 1 N–H and O–H groups in total. The van der Waals surface area contributed by atoms with Gasteiger partial charge < -0.3 is 14.7 Å². The molecule has 1 aromatic rings. The fourth-order valence-corrected chi connectivity index (χ4v) is 1.96. The predicted molar refractivity (Wildman–Crippen MR) is 76.1 cm³/mol. The van der Waals surface area contributed by atoms with Crippen LogP contribution in [0.4, 0.5) is 13.2 Å². The SMILES string of the molecule is CC(C)CN(CCC(=O)O)C(=O)c1cccc(OC(F)(F)F)c1. The molecule has 0 heterocycles. The van der Waals surface area contributed by atoms with Crippen LogP contribution in [-0.2, 0) is 4.79 Å². The van der Waals surface area contributed by atoms with Gasteiger partial charge in [0.15, 0.2) is 0 Å². The number of nitrogens with zero attached hydrogens (tertiary/aromatic N) is 1. The summed E-state index contributed by atoms with van der Waals surface area (Å²) in [5, 5.41) is 8.74. The van der Waals surface area contributed by atoms with Crippen molar-refractivity contribution in [2.75, 3.05) is 13.1 Å². The number of carbonyl (C=O) groups excluding carboxylic acids is 1. The Labute approximate surface area is 131 Å². The summed E-state index contributed by atoms with van der Waals surface area (Å²) in [4.78, 5) is 24.4. The molecule has 0 aliphatic heterocycles. The maximum absolute atomic E-state index is 12.4. The lowest BCUT2D eigenvalue weighted by molar-refractivity contribution is -0.274. The van der Waals surface area contributed by atoms with Crippen LogP contribution in [0.1, 0.15) is 30.6 Å². The Kier molecular flexibility index (Phi) is 6.41. The fourth-order valence-electron chi connectivity index (χ4n) is 1.96. The zero-order valence-corrected chi connectivity index (χ0v) is 12.8. The van der Waals surface area contributed by atoms with Crippen LogP contribution < -0.4 is 4.74 Å². The van der Waals surface area contributed by atoms with E-state index >= 15 is 0 Å². The molecule has 0 bridgehead atoms. The second kappa shape index (κ2) is 7.85. The van der Waals surface area contributed by atoms with E-state index in [9.17, 15) is 22.8 Å². The molecule has 5 nitrogen and oxygen atoms in total. The quantitative estimate of drug-likeness (QED) is 0.832. The van der Waals surface area contributed by atoms with Gasteiger partial charge in [-0.15, -0.1) is 13.2 Å². The minimum atomic E-state index is -4.84. The maximum atomic E-state index is 12.4. The van der Waals surface area contributed by atoms with Crippen LogP contribution in [0.2, 0.25) is 0 Å². The van der Waals surface area contributed by atoms with Crippen LogP contribution in [-0.4, -0.2) is 41.3 Å². The van der Waals surface area contributed by atoms with E-state index in [0.29, 0.717) is 6.54 Å². The normalized spacial score (nSPS) is 11.4. The first-order valence-electron chi connectivity index (χ1n) is 6.95. The second-order valence-electron chi connectivity index (χ2n) is 5.36. The molecule has 0 saturated heterocycles. The average molecular weight is 333 g/mol. The highest BCUT2D eigenvalue weighted by atomic mass is 19.4. The van der Waals surface area contributed by atoms with Crippen molar-refractivity contribution < 1.29 is 32.6 Å². The molecule has 1 rings (SSSR count). The molecule has 0 aromatic heterocycles. The summed E-state index contributed by atoms with van der Waals surface area (Å²) >= 11 is 0. The van der Waals surface area contributed by atoms with Crippen molar-refractivity contribution >= 4 is 11.9 Å². The number of alkyl halides is 3. The van der Waals surface area contributed by atoms with Gasteiger partial charge in [0, 0.05) is 18.7 Å². The van der Waals surface area contributed by atoms with Gasteiger partial charge in [0.25, 0.3) is 5.91 Å². The third-order valence-corrected chi connectivity index (χ3v) is 2.78. The lowest BCUT2D eigenvalue weighted by atomic mass is 10.1. The van der Waals surface area contributed by atoms with E-state index in [4.69, 9.17) is 5.11 Å². The van der Waals surface area contributed by atoms with Crippen molar-refractivity contribution in [2.24, 2.45) is 5.92 Å². The summed E-state index contributed by atoms with van der Waals surface area (Å²) < 4.78 is 40.5. The van der Waals surface area contributed by atoms with Gasteiger partial charge in [-0.2, -0.15) is 0 Å². The number of carboxylic acid groups (broad SMARTS) is 1. The molecule has 23 heavy (non-hydrogen) atoms. The molecular formula is C15H18F3NO4. The van der Waals surface area contributed by atoms with Gasteiger partial charge in [-0.1, -0.05) is 19.9 Å². The first-order chi connectivity index (χ1) is 10.6. The molecule has 1 aromatic carbocycles. The molecule has 0 spiro atoms. The Hall–Kier alpha value is -2.25. The molecule has 0 aliphatic carbocycles. The molecule has 0 fully saturated rings. The Bertz CT molecular complexity index is 558. The molecule has 8 heteroatoms. The van der Waals surface area contributed by atoms with Crippen LogP contribution in [0.3, 0.4) is 0 Å². The third-order valence-electron chi connectivity index (χ3n) is 2.78. The highest BCUT2D eigenvalue weighted by Crippen LogP contribution is 2.24. The molecule has 128 valence electrons. The lowest BCUT2D eigenvalue weighted by Gasteiger charge is -2.24. The smallest absolute Gasteiger partial charge is 0.481 e. The Morgan fingerprint density at radius 3 is 2.48 bits per heavy atom. The number of benzene rings is 1. The van der Waals surface area contributed by atoms with Crippen molar-refractivity contribution in [3.05, 3.63) is 29.8 Å². The summed E-state index contributed by atoms with van der Waals surface area (Å²) in [5.74, 6) is -2.00. The van der Waals surface area contributed by atoms with Crippen LogP contribution in [0.15, 0.2) is 24.3 Å². The number of ether oxygens (including phenoxy) is 1. The Morgan fingerprint density at radius 2 is 1.96 bits per heavy atom. The molecule has 0 atom stereocenters. The number of aliphatic carboxylic acids is 1. The van der Waals surface area contributed by atoms with Crippen molar-refractivity contribution in [1.29, 1.82) is 0 Å². The first-order valence-corrected chi connectivity index (χ1v) is 6.95. The van der Waals surface area contributed by atoms with Gasteiger partial charge in [-0.3, -0.25) is 9.59 Å². The van der Waals surface area contributed by atoms with Crippen LogP contribution in [0, 0.1) is 5.92 Å². The van der Waals surface area contributed by atoms with E-state index in [1.54, 1.807) is 0 Å². The van der Waals surface area contributed by atoms with Crippen LogP contribution >= 0.6 is 0 Å². The van der Waals surface area contributed by atoms with Gasteiger partial charge in [-0.25, -0.2) is 0 Å². The number of hydrogen-bond acceptors (Lipinski definition) is 3. The van der Waals surface area contributed by atoms with E-state index in [2.05, 4.69) is 4.74 Å². The van der Waals surface area contributed by atoms with Crippen molar-refractivity contribution in [3.8, 4) is 5.75 Å². The van der Waals surface area contributed by atoms with Gasteiger partial charge in [0.2, 0.25) is 0 Å². The standard InChI is InChI=1S/C15H18F3NO4/c1-10(2)9-19(7-6-13(20)21)14(22)11-4-3-5-12(8-11)23-15(16,17)18/h3-5,8,10H,6-7,9H2,1-2H3,(H,20,21). The molecule has 0 saturated carbocycles. The summed E-state index contributed by atoms with van der Waals surface area (Å²) in [6, 6.07) is 4.72. The third kappa shape index (κ3) is 7.03. The molecular weight excluding hydrogens is 315 g/mol. The van der Waals surface area contributed by atoms with E-state index < -0.39 is 24.0 Å². The van der Waals surface area contributed by atoms with Gasteiger partial charge in [0.1, 0.15) is 5.75 Å². The maximum Gasteiger partial charge on any atom is 0.573 e. The summed E-state index contributed by atoms with van der Waals surface area (Å²) in [5.41, 5.74) is 0.0118. The van der Waals surface area contributed by atoms with Crippen molar-refractivity contribution in [1.82, 2.24) is 4.90 Å². The number of rotatable bonds is 7. The van der Waals surface area contributed by atoms with Gasteiger partial charge in [0.05, 0.1) is 6.42 Å². The number of hydrogen-bond donors (Lipinski definition) is 1. The monoisotopic (exact) mass is 333 g/mol. The molecule has 0 unspecified atom stereocenters. The number of carbonyl (C=O) groups is 2. The highest BCUT2D eigenvalue weighted by molar-refractivity contribution is 5.94. The zero-order valence-electron chi connectivity index (χ0n) is 12.8. The fraction of sp³-hybridized carbons (Fsp3) is 0.467. The molecule has 0 radical (unpaired) electrons. The minimum absolute atomic E-state index is 0.0118. The average Bonchev–Trinajstić information content (AvgIpc) is 2.40. The van der Waals surface area contributed by atoms with E-state index in [1.165, 1.54) is 17.0 Å². The summed E-state index contributed by atoms with van der Waals surface area (Å²) in [6.45, 7) is 3.99. The summed E-state index contributed by atoms with van der Waals surface area (Å²) in [7, 11) is 0. The lowest BCUT2D eigenvalue weighted by Crippen LogP contribution is -2.36. The predicted octanol–water partition coefficient (Wildman–Crippen LogP) is 3.16. The number of halogens is 3. The highest BCUT2D eigenvalue weighted by Gasteiger charge is 2.31. The van der Waals surface area contributed by atoms with Gasteiger partial charge in [-0.05, 0) is 24.1 Å². The molecule has 0 aliphatic rings. The van der Waals surface area contributed by atoms with E-state index in [-0.39, 0.29) is 24.4 Å². The largest absolute Gasteiger partial charge is 0.573 e. The minimum Gasteiger partial charge on any atom is -0.481 e. The van der Waals surface area contributed by atoms with Gasteiger partial charge >= 0.3 is 12.3 Å². The van der Waals surface area contributed by atoms with Crippen LogP contribution in [0.5, 0.6) is 5.75 Å². The number of amides is 1. The van der Waals surface area contributed by atoms with E-state index in [0.717, 1.165) is 12.1 Å². The van der Waals surface area contributed by atoms with Crippen molar-refractivity contribution in [3.63, 3.8) is 0 Å². The Morgan fingerprint density at radius 1 is 1.30 bits per heavy atom. The van der Waals surface area contributed by atoms with Crippen LogP contribution in [0.25, 0.3) is 0 Å². The zero-order chi connectivity index (χ0) is 17.6. The topological polar surface area (TPSA) is 66.8 Å². The van der Waals surface area contributed by atoms with Crippen molar-refractivity contribution in [2.45, 2.75) is 26.6 Å². The first kappa shape index (κ1) is 18.8. The summed E-state index contributed by atoms with van der Waals surface area (Å²) in [6.07, 6.45) is -5.08. The Balaban J connectivity index is 2.93. The molecule has 1 amide bonds. The number of carboxylic acids is 1.